The molecule has 0 aromatic heterocycles. The molecule has 2 amide bonds. The summed E-state index contributed by atoms with van der Waals surface area (Å²) in [5, 5.41) is 1.87. The Morgan fingerprint density at radius 1 is 1.07 bits per heavy atom. The van der Waals surface area contributed by atoms with E-state index in [9.17, 15) is 22.8 Å². The topological polar surface area (TPSA) is 61.8 Å². The SMILES string of the molecule is CC(C)C(=O)NC1(C(F)(F)F)N=C(c2ccccc2)N(CCc2ccccc2)C1=O. The summed E-state index contributed by atoms with van der Waals surface area (Å²) in [7, 11) is 0. The van der Waals surface area contributed by atoms with Crippen molar-refractivity contribution in [1.82, 2.24) is 10.2 Å². The van der Waals surface area contributed by atoms with Crippen LogP contribution in [0.25, 0.3) is 0 Å². The lowest BCUT2D eigenvalue weighted by Gasteiger charge is -2.29. The average Bonchev–Trinajstić information content (AvgIpc) is 3.00. The Hall–Kier alpha value is -3.16. The average molecular weight is 417 g/mol. The molecule has 1 heterocycles. The van der Waals surface area contributed by atoms with Gasteiger partial charge in [0.2, 0.25) is 5.91 Å². The number of amidine groups is 1. The third kappa shape index (κ3) is 4.08. The number of nitrogens with zero attached hydrogens (tertiary/aromatic N) is 2. The van der Waals surface area contributed by atoms with Gasteiger partial charge in [0, 0.05) is 18.0 Å². The molecule has 158 valence electrons. The minimum atomic E-state index is -5.10. The number of amides is 2. The number of hydrogen-bond donors (Lipinski definition) is 1. The molecule has 1 aliphatic rings. The third-order valence-electron chi connectivity index (χ3n) is 4.82. The summed E-state index contributed by atoms with van der Waals surface area (Å²) in [6, 6.07) is 17.3. The fourth-order valence-corrected chi connectivity index (χ4v) is 3.12. The van der Waals surface area contributed by atoms with Crippen LogP contribution in [0.2, 0.25) is 0 Å². The molecule has 0 radical (unpaired) electrons. The van der Waals surface area contributed by atoms with Gasteiger partial charge in [-0.25, -0.2) is 4.99 Å². The standard InChI is InChI=1S/C22H22F3N3O2/c1-15(2)19(29)27-21(22(23,24)25)20(30)28(14-13-16-9-5-3-6-10-16)18(26-21)17-11-7-4-8-12-17/h3-12,15H,13-14H2,1-2H3,(H,27,29). The number of halogens is 3. The second kappa shape index (κ2) is 8.30. The molecule has 1 atom stereocenters. The second-order valence-corrected chi connectivity index (χ2v) is 7.35. The zero-order chi connectivity index (χ0) is 21.9. The summed E-state index contributed by atoms with van der Waals surface area (Å²) >= 11 is 0. The zero-order valence-electron chi connectivity index (χ0n) is 16.6. The molecule has 5 nitrogen and oxygen atoms in total. The van der Waals surface area contributed by atoms with Gasteiger partial charge in [0.1, 0.15) is 5.84 Å². The highest BCUT2D eigenvalue weighted by Crippen LogP contribution is 2.38. The minimum Gasteiger partial charge on any atom is -0.316 e. The van der Waals surface area contributed by atoms with Gasteiger partial charge in [-0.3, -0.25) is 14.5 Å². The Morgan fingerprint density at radius 2 is 1.63 bits per heavy atom. The lowest BCUT2D eigenvalue weighted by Crippen LogP contribution is -2.64. The summed E-state index contributed by atoms with van der Waals surface area (Å²) in [6.45, 7) is 2.90. The molecule has 3 rings (SSSR count). The van der Waals surface area contributed by atoms with Gasteiger partial charge in [-0.05, 0) is 12.0 Å². The van der Waals surface area contributed by atoms with Gasteiger partial charge in [-0.15, -0.1) is 0 Å². The highest BCUT2D eigenvalue weighted by Gasteiger charge is 2.67. The maximum atomic E-state index is 14.1. The van der Waals surface area contributed by atoms with E-state index in [1.54, 1.807) is 30.3 Å². The molecule has 0 spiro atoms. The summed E-state index contributed by atoms with van der Waals surface area (Å²) in [4.78, 5) is 30.1. The zero-order valence-corrected chi connectivity index (χ0v) is 16.6. The van der Waals surface area contributed by atoms with E-state index < -0.39 is 29.6 Å². The van der Waals surface area contributed by atoms with Crippen LogP contribution >= 0.6 is 0 Å². The van der Waals surface area contributed by atoms with Crippen molar-refractivity contribution in [3.63, 3.8) is 0 Å². The van der Waals surface area contributed by atoms with Gasteiger partial charge >= 0.3 is 11.8 Å². The number of alkyl halides is 3. The number of carbonyl (C=O) groups is 2. The van der Waals surface area contributed by atoms with Crippen molar-refractivity contribution in [3.05, 3.63) is 71.8 Å². The molecule has 2 aromatic carbocycles. The first-order valence-corrected chi connectivity index (χ1v) is 9.55. The Morgan fingerprint density at radius 3 is 2.17 bits per heavy atom. The van der Waals surface area contributed by atoms with Gasteiger partial charge in [0.15, 0.2) is 0 Å². The molecule has 0 saturated carbocycles. The molecule has 30 heavy (non-hydrogen) atoms. The lowest BCUT2D eigenvalue weighted by molar-refractivity contribution is -0.200. The van der Waals surface area contributed by atoms with E-state index in [-0.39, 0.29) is 12.4 Å². The van der Waals surface area contributed by atoms with E-state index in [1.165, 1.54) is 13.8 Å². The lowest BCUT2D eigenvalue weighted by atomic mass is 10.1. The van der Waals surface area contributed by atoms with Crippen molar-refractivity contribution < 1.29 is 22.8 Å². The van der Waals surface area contributed by atoms with Crippen LogP contribution in [0.5, 0.6) is 0 Å². The predicted octanol–water partition coefficient (Wildman–Crippen LogP) is 3.55. The van der Waals surface area contributed by atoms with E-state index in [0.717, 1.165) is 10.5 Å². The Kier molecular flexibility index (Phi) is 5.96. The molecular formula is C22H22F3N3O2. The number of nitrogens with one attached hydrogen (secondary N) is 1. The highest BCUT2D eigenvalue weighted by atomic mass is 19.4. The first-order chi connectivity index (χ1) is 14.2. The predicted molar refractivity (Wildman–Crippen MR) is 107 cm³/mol. The number of aliphatic imine (C=N–C) groups is 1. The summed E-state index contributed by atoms with van der Waals surface area (Å²) in [6.07, 6.45) is -4.76. The molecule has 8 heteroatoms. The number of carbonyl (C=O) groups excluding carboxylic acids is 2. The fourth-order valence-electron chi connectivity index (χ4n) is 3.12. The van der Waals surface area contributed by atoms with Crippen molar-refractivity contribution in [2.75, 3.05) is 6.54 Å². The molecule has 0 bridgehead atoms. The van der Waals surface area contributed by atoms with Gasteiger partial charge in [0.25, 0.3) is 5.91 Å². The monoisotopic (exact) mass is 417 g/mol. The van der Waals surface area contributed by atoms with Gasteiger partial charge < -0.3 is 5.32 Å². The Bertz CT molecular complexity index is 943. The maximum absolute atomic E-state index is 14.1. The molecule has 2 aromatic rings. The van der Waals surface area contributed by atoms with Gasteiger partial charge in [-0.1, -0.05) is 74.5 Å². The molecular weight excluding hydrogens is 395 g/mol. The van der Waals surface area contributed by atoms with Crippen molar-refractivity contribution in [1.29, 1.82) is 0 Å². The highest BCUT2D eigenvalue weighted by molar-refractivity contribution is 6.16. The third-order valence-corrected chi connectivity index (χ3v) is 4.82. The van der Waals surface area contributed by atoms with Crippen LogP contribution in [0.15, 0.2) is 65.7 Å². The summed E-state index contributed by atoms with van der Waals surface area (Å²) in [5.74, 6) is -3.07. The molecule has 0 saturated heterocycles. The van der Waals surface area contributed by atoms with Gasteiger partial charge in [0.05, 0.1) is 0 Å². The number of benzene rings is 2. The fraction of sp³-hybridized carbons (Fsp3) is 0.318. The van der Waals surface area contributed by atoms with Crippen molar-refractivity contribution in [2.45, 2.75) is 32.1 Å². The molecule has 0 fully saturated rings. The quantitative estimate of drug-likeness (QED) is 0.782. The van der Waals surface area contributed by atoms with E-state index in [2.05, 4.69) is 4.99 Å². The number of hydrogen-bond acceptors (Lipinski definition) is 3. The van der Waals surface area contributed by atoms with Crippen molar-refractivity contribution in [3.8, 4) is 0 Å². The van der Waals surface area contributed by atoms with Crippen LogP contribution in [0.1, 0.15) is 25.0 Å². The van der Waals surface area contributed by atoms with Gasteiger partial charge in [-0.2, -0.15) is 13.2 Å². The smallest absolute Gasteiger partial charge is 0.316 e. The van der Waals surface area contributed by atoms with Crippen LogP contribution in [0.3, 0.4) is 0 Å². The molecule has 1 aliphatic heterocycles. The van der Waals surface area contributed by atoms with Crippen LogP contribution in [0.4, 0.5) is 13.2 Å². The van der Waals surface area contributed by atoms with Crippen LogP contribution in [0, 0.1) is 5.92 Å². The summed E-state index contributed by atoms with van der Waals surface area (Å²) < 4.78 is 42.4. The first kappa shape index (κ1) is 21.5. The van der Waals surface area contributed by atoms with E-state index in [1.807, 2.05) is 35.6 Å². The summed E-state index contributed by atoms with van der Waals surface area (Å²) in [5.41, 5.74) is -2.10. The van der Waals surface area contributed by atoms with Crippen molar-refractivity contribution >= 4 is 17.6 Å². The van der Waals surface area contributed by atoms with E-state index in [0.29, 0.717) is 12.0 Å². The first-order valence-electron chi connectivity index (χ1n) is 9.55. The van der Waals surface area contributed by atoms with Crippen LogP contribution in [-0.4, -0.2) is 40.9 Å². The van der Waals surface area contributed by atoms with Crippen molar-refractivity contribution in [2.24, 2.45) is 10.9 Å². The molecule has 1 unspecified atom stereocenters. The Balaban J connectivity index is 2.04. The maximum Gasteiger partial charge on any atom is 0.442 e. The molecule has 1 N–H and O–H groups in total. The number of rotatable bonds is 6. The molecule has 0 aliphatic carbocycles. The van der Waals surface area contributed by atoms with E-state index >= 15 is 0 Å². The Labute approximate surface area is 172 Å². The largest absolute Gasteiger partial charge is 0.442 e. The van der Waals surface area contributed by atoms with Crippen LogP contribution in [-0.2, 0) is 16.0 Å². The van der Waals surface area contributed by atoms with E-state index in [4.69, 9.17) is 0 Å². The normalized spacial score (nSPS) is 19.2. The van der Waals surface area contributed by atoms with Crippen LogP contribution < -0.4 is 5.32 Å². The second-order valence-electron chi connectivity index (χ2n) is 7.35. The minimum absolute atomic E-state index is 0.00798.